The van der Waals surface area contributed by atoms with Gasteiger partial charge in [-0.25, -0.2) is 4.79 Å². The van der Waals surface area contributed by atoms with Gasteiger partial charge in [-0.2, -0.15) is 0 Å². The van der Waals surface area contributed by atoms with Crippen LogP contribution in [0.4, 0.5) is 0 Å². The highest BCUT2D eigenvalue weighted by Gasteiger charge is 2.09. The zero-order chi connectivity index (χ0) is 8.43. The summed E-state index contributed by atoms with van der Waals surface area (Å²) in [5.74, 6) is -0.947. The fourth-order valence-electron chi connectivity index (χ4n) is 0.669. The van der Waals surface area contributed by atoms with E-state index in [9.17, 15) is 4.79 Å². The maximum absolute atomic E-state index is 10.5. The molecule has 0 amide bonds. The van der Waals surface area contributed by atoms with Crippen LogP contribution in [0.3, 0.4) is 0 Å². The van der Waals surface area contributed by atoms with Gasteiger partial charge in [-0.3, -0.25) is 0 Å². The average Bonchev–Trinajstić information content (AvgIpc) is 1.94. The van der Waals surface area contributed by atoms with Crippen LogP contribution < -0.4 is 0 Å². The first-order valence-electron chi connectivity index (χ1n) is 2.80. The number of rotatable bonds is 1. The summed E-state index contributed by atoms with van der Waals surface area (Å²) in [6.45, 7) is 0. The van der Waals surface area contributed by atoms with E-state index in [2.05, 4.69) is 0 Å². The van der Waals surface area contributed by atoms with Crippen LogP contribution >= 0.6 is 34.2 Å². The molecular formula is C7H4ClIO2. The first-order chi connectivity index (χ1) is 5.13. The van der Waals surface area contributed by atoms with Crippen LogP contribution in [0, 0.1) is 3.57 Å². The topological polar surface area (TPSA) is 37.3 Å². The number of carboxylic acid groups (broad SMARTS) is 1. The van der Waals surface area contributed by atoms with Crippen molar-refractivity contribution in [1.82, 2.24) is 0 Å². The van der Waals surface area contributed by atoms with Gasteiger partial charge in [0, 0.05) is 3.57 Å². The lowest BCUT2D eigenvalue weighted by atomic mass is 10.2. The first kappa shape index (κ1) is 8.80. The van der Waals surface area contributed by atoms with Crippen molar-refractivity contribution in [2.24, 2.45) is 0 Å². The SMILES string of the molecule is O=C(O)c1cccc(Cl)c1I. The van der Waals surface area contributed by atoms with E-state index in [0.717, 1.165) is 0 Å². The van der Waals surface area contributed by atoms with Gasteiger partial charge in [-0.15, -0.1) is 0 Å². The van der Waals surface area contributed by atoms with Gasteiger partial charge < -0.3 is 5.11 Å². The maximum Gasteiger partial charge on any atom is 0.336 e. The van der Waals surface area contributed by atoms with Crippen LogP contribution in [0.25, 0.3) is 0 Å². The van der Waals surface area contributed by atoms with Crippen molar-refractivity contribution in [1.29, 1.82) is 0 Å². The molecule has 1 aromatic carbocycles. The third-order valence-electron chi connectivity index (χ3n) is 1.18. The van der Waals surface area contributed by atoms with Crippen molar-refractivity contribution >= 4 is 40.2 Å². The Kier molecular flexibility index (Phi) is 2.72. The lowest BCUT2D eigenvalue weighted by Gasteiger charge is -1.98. The maximum atomic E-state index is 10.5. The molecule has 0 unspecified atom stereocenters. The predicted octanol–water partition coefficient (Wildman–Crippen LogP) is 2.64. The molecule has 0 fully saturated rings. The van der Waals surface area contributed by atoms with Crippen LogP contribution in [0.1, 0.15) is 10.4 Å². The van der Waals surface area contributed by atoms with E-state index >= 15 is 0 Å². The lowest BCUT2D eigenvalue weighted by molar-refractivity contribution is 0.0696. The minimum absolute atomic E-state index is 0.248. The van der Waals surface area contributed by atoms with Gasteiger partial charge >= 0.3 is 5.97 Å². The minimum Gasteiger partial charge on any atom is -0.478 e. The molecule has 0 saturated heterocycles. The molecule has 2 nitrogen and oxygen atoms in total. The molecule has 0 aliphatic heterocycles. The van der Waals surface area contributed by atoms with Crippen molar-refractivity contribution < 1.29 is 9.90 Å². The number of halogens is 2. The molecule has 0 atom stereocenters. The zero-order valence-electron chi connectivity index (χ0n) is 5.34. The fourth-order valence-corrected chi connectivity index (χ4v) is 1.43. The van der Waals surface area contributed by atoms with Gasteiger partial charge in [0.05, 0.1) is 10.6 Å². The average molecular weight is 282 g/mol. The molecule has 0 aliphatic carbocycles. The van der Waals surface area contributed by atoms with Crippen molar-refractivity contribution in [2.75, 3.05) is 0 Å². The second-order valence-electron chi connectivity index (χ2n) is 1.91. The van der Waals surface area contributed by atoms with Gasteiger partial charge in [-0.05, 0) is 34.7 Å². The normalized spacial score (nSPS) is 9.64. The molecule has 1 aromatic rings. The van der Waals surface area contributed by atoms with E-state index in [4.69, 9.17) is 16.7 Å². The van der Waals surface area contributed by atoms with Gasteiger partial charge in [0.25, 0.3) is 0 Å². The van der Waals surface area contributed by atoms with E-state index < -0.39 is 5.97 Å². The zero-order valence-corrected chi connectivity index (χ0v) is 8.26. The summed E-state index contributed by atoms with van der Waals surface area (Å²) in [6, 6.07) is 4.81. The summed E-state index contributed by atoms with van der Waals surface area (Å²) in [4.78, 5) is 10.5. The Morgan fingerprint density at radius 2 is 2.18 bits per heavy atom. The van der Waals surface area contributed by atoms with E-state index in [-0.39, 0.29) is 5.56 Å². The molecule has 0 bridgehead atoms. The number of aromatic carboxylic acids is 1. The monoisotopic (exact) mass is 282 g/mol. The Balaban J connectivity index is 3.27. The second kappa shape index (κ2) is 3.40. The lowest BCUT2D eigenvalue weighted by Crippen LogP contribution is -1.99. The number of hydrogen-bond donors (Lipinski definition) is 1. The second-order valence-corrected chi connectivity index (χ2v) is 3.39. The van der Waals surface area contributed by atoms with Crippen molar-refractivity contribution in [3.05, 3.63) is 32.4 Å². The van der Waals surface area contributed by atoms with Crippen LogP contribution in [0.2, 0.25) is 5.02 Å². The Labute approximate surface area is 82.3 Å². The number of hydrogen-bond acceptors (Lipinski definition) is 1. The smallest absolute Gasteiger partial charge is 0.336 e. The first-order valence-corrected chi connectivity index (χ1v) is 4.26. The van der Waals surface area contributed by atoms with Crippen LogP contribution in [-0.2, 0) is 0 Å². The Hall–Kier alpha value is -0.290. The van der Waals surface area contributed by atoms with Gasteiger partial charge in [0.1, 0.15) is 0 Å². The fraction of sp³-hybridized carbons (Fsp3) is 0. The van der Waals surface area contributed by atoms with Gasteiger partial charge in [0.15, 0.2) is 0 Å². The standard InChI is InChI=1S/C7H4ClIO2/c8-5-3-1-2-4(6(5)9)7(10)11/h1-3H,(H,10,11). The quantitative estimate of drug-likeness (QED) is 0.804. The molecule has 0 aromatic heterocycles. The summed E-state index contributed by atoms with van der Waals surface area (Å²) in [5, 5.41) is 9.10. The summed E-state index contributed by atoms with van der Waals surface area (Å²) < 4.78 is 0.583. The van der Waals surface area contributed by atoms with E-state index in [1.165, 1.54) is 6.07 Å². The molecule has 0 saturated carbocycles. The molecule has 0 heterocycles. The summed E-state index contributed by atoms with van der Waals surface area (Å²) in [7, 11) is 0. The Bertz CT molecular complexity index is 298. The summed E-state index contributed by atoms with van der Waals surface area (Å²) >= 11 is 7.59. The minimum atomic E-state index is -0.947. The number of carboxylic acids is 1. The van der Waals surface area contributed by atoms with Crippen molar-refractivity contribution in [3.63, 3.8) is 0 Å². The van der Waals surface area contributed by atoms with Gasteiger partial charge in [-0.1, -0.05) is 17.7 Å². The molecule has 4 heteroatoms. The number of benzene rings is 1. The Morgan fingerprint density at radius 3 is 2.64 bits per heavy atom. The molecule has 1 rings (SSSR count). The highest BCUT2D eigenvalue weighted by Crippen LogP contribution is 2.21. The largest absolute Gasteiger partial charge is 0.478 e. The van der Waals surface area contributed by atoms with E-state index in [0.29, 0.717) is 8.59 Å². The van der Waals surface area contributed by atoms with Crippen molar-refractivity contribution in [3.8, 4) is 0 Å². The highest BCUT2D eigenvalue weighted by molar-refractivity contribution is 14.1. The third kappa shape index (κ3) is 1.84. The molecular weight excluding hydrogens is 278 g/mol. The highest BCUT2D eigenvalue weighted by atomic mass is 127. The number of carbonyl (C=O) groups is 1. The predicted molar refractivity (Wildman–Crippen MR) is 51.1 cm³/mol. The molecule has 0 radical (unpaired) electrons. The van der Waals surface area contributed by atoms with Crippen molar-refractivity contribution in [2.45, 2.75) is 0 Å². The van der Waals surface area contributed by atoms with E-state index in [1.54, 1.807) is 12.1 Å². The Morgan fingerprint density at radius 1 is 1.55 bits per heavy atom. The summed E-state index contributed by atoms with van der Waals surface area (Å²) in [5.41, 5.74) is 0.248. The molecule has 11 heavy (non-hydrogen) atoms. The van der Waals surface area contributed by atoms with Crippen LogP contribution in [-0.4, -0.2) is 11.1 Å². The third-order valence-corrected chi connectivity index (χ3v) is 2.98. The van der Waals surface area contributed by atoms with E-state index in [1.807, 2.05) is 22.6 Å². The van der Waals surface area contributed by atoms with Crippen LogP contribution in [0.15, 0.2) is 18.2 Å². The van der Waals surface area contributed by atoms with Crippen LogP contribution in [0.5, 0.6) is 0 Å². The molecule has 0 spiro atoms. The molecule has 1 N–H and O–H groups in total. The summed E-state index contributed by atoms with van der Waals surface area (Å²) in [6.07, 6.45) is 0. The molecule has 0 aliphatic rings. The van der Waals surface area contributed by atoms with Gasteiger partial charge in [0.2, 0.25) is 0 Å². The molecule has 58 valence electrons.